The number of rotatable bonds is 5. The smallest absolute Gasteiger partial charge is 0.191 e. The van der Waals surface area contributed by atoms with Gasteiger partial charge >= 0.3 is 0 Å². The number of hydrogen-bond donors (Lipinski definition) is 2. The Bertz CT molecular complexity index is 708. The van der Waals surface area contributed by atoms with Crippen molar-refractivity contribution in [1.82, 2.24) is 15.8 Å². The summed E-state index contributed by atoms with van der Waals surface area (Å²) >= 11 is 12.1. The molecule has 5 nitrogen and oxygen atoms in total. The van der Waals surface area contributed by atoms with E-state index < -0.39 is 0 Å². The molecule has 0 radical (unpaired) electrons. The third-order valence-corrected chi connectivity index (χ3v) is 4.43. The van der Waals surface area contributed by atoms with E-state index in [9.17, 15) is 0 Å². The summed E-state index contributed by atoms with van der Waals surface area (Å²) in [6.45, 7) is 7.30. The first-order chi connectivity index (χ1) is 11.4. The monoisotopic (exact) mass is 368 g/mol. The molecule has 1 aromatic heterocycles. The lowest BCUT2D eigenvalue weighted by Gasteiger charge is -2.16. The van der Waals surface area contributed by atoms with E-state index in [0.717, 1.165) is 29.1 Å². The third-order valence-electron chi connectivity index (χ3n) is 3.84. The van der Waals surface area contributed by atoms with E-state index in [1.807, 2.05) is 26.0 Å². The van der Waals surface area contributed by atoms with Crippen molar-refractivity contribution in [1.29, 1.82) is 0 Å². The number of aromatic nitrogens is 1. The number of guanidine groups is 1. The maximum atomic E-state index is 6.18. The quantitative estimate of drug-likeness (QED) is 0.616. The summed E-state index contributed by atoms with van der Waals surface area (Å²) < 4.78 is 5.23. The van der Waals surface area contributed by atoms with Crippen LogP contribution in [0.15, 0.2) is 27.7 Å². The molecule has 0 saturated heterocycles. The van der Waals surface area contributed by atoms with Crippen LogP contribution in [-0.4, -0.2) is 24.7 Å². The van der Waals surface area contributed by atoms with E-state index in [4.69, 9.17) is 27.7 Å². The molecule has 1 atom stereocenters. The molecule has 0 amide bonds. The van der Waals surface area contributed by atoms with Crippen LogP contribution in [0.2, 0.25) is 10.0 Å². The standard InChI is InChI=1S/C17H22Cl2N4O/c1-10(16-11(2)23-24-12(16)3)8-21-17(20-4)22-9-13-5-6-14(18)7-15(13)19/h5-7,10H,8-9H2,1-4H3,(H2,20,21,22). The molecular formula is C17H22Cl2N4O. The zero-order chi connectivity index (χ0) is 17.7. The summed E-state index contributed by atoms with van der Waals surface area (Å²) in [5.74, 6) is 1.83. The molecule has 0 spiro atoms. The van der Waals surface area contributed by atoms with Gasteiger partial charge in [0.2, 0.25) is 0 Å². The molecule has 1 unspecified atom stereocenters. The maximum Gasteiger partial charge on any atom is 0.191 e. The molecule has 130 valence electrons. The first kappa shape index (κ1) is 18.6. The molecule has 2 aromatic rings. The molecule has 7 heteroatoms. The van der Waals surface area contributed by atoms with E-state index in [-0.39, 0.29) is 5.92 Å². The molecular weight excluding hydrogens is 347 g/mol. The number of nitrogens with one attached hydrogen (secondary N) is 2. The molecule has 0 saturated carbocycles. The van der Waals surface area contributed by atoms with Crippen molar-refractivity contribution < 1.29 is 4.52 Å². The van der Waals surface area contributed by atoms with Crippen molar-refractivity contribution in [3.63, 3.8) is 0 Å². The van der Waals surface area contributed by atoms with Gasteiger partial charge in [-0.25, -0.2) is 0 Å². The van der Waals surface area contributed by atoms with Gasteiger partial charge in [0.25, 0.3) is 0 Å². The summed E-state index contributed by atoms with van der Waals surface area (Å²) in [6, 6.07) is 5.45. The minimum atomic E-state index is 0.258. The van der Waals surface area contributed by atoms with Crippen molar-refractivity contribution in [3.05, 3.63) is 50.8 Å². The highest BCUT2D eigenvalue weighted by atomic mass is 35.5. The Labute approximate surface area is 152 Å². The van der Waals surface area contributed by atoms with Gasteiger partial charge in [-0.05, 0) is 31.5 Å². The van der Waals surface area contributed by atoms with Crippen LogP contribution in [0, 0.1) is 13.8 Å². The van der Waals surface area contributed by atoms with Crippen LogP contribution in [0.5, 0.6) is 0 Å². The minimum Gasteiger partial charge on any atom is -0.361 e. The number of aliphatic imine (C=N–C) groups is 1. The third kappa shape index (κ3) is 4.65. The second-order valence-corrected chi connectivity index (χ2v) is 6.52. The van der Waals surface area contributed by atoms with Gasteiger partial charge in [-0.2, -0.15) is 0 Å². The van der Waals surface area contributed by atoms with E-state index in [1.54, 1.807) is 13.1 Å². The zero-order valence-electron chi connectivity index (χ0n) is 14.3. The summed E-state index contributed by atoms with van der Waals surface area (Å²) in [7, 11) is 1.74. The average Bonchev–Trinajstić information content (AvgIpc) is 2.87. The molecule has 0 aliphatic carbocycles. The molecule has 0 aliphatic rings. The highest BCUT2D eigenvalue weighted by Crippen LogP contribution is 2.22. The van der Waals surface area contributed by atoms with Gasteiger partial charge in [0.15, 0.2) is 5.96 Å². The maximum absolute atomic E-state index is 6.18. The van der Waals surface area contributed by atoms with Crippen LogP contribution in [0.1, 0.15) is 35.4 Å². The van der Waals surface area contributed by atoms with Crippen molar-refractivity contribution in [2.75, 3.05) is 13.6 Å². The number of nitrogens with zero attached hydrogens (tertiary/aromatic N) is 2. The highest BCUT2D eigenvalue weighted by Gasteiger charge is 2.16. The topological polar surface area (TPSA) is 62.5 Å². The van der Waals surface area contributed by atoms with Crippen LogP contribution in [0.4, 0.5) is 0 Å². The van der Waals surface area contributed by atoms with Crippen LogP contribution < -0.4 is 10.6 Å². The first-order valence-corrected chi connectivity index (χ1v) is 8.49. The summed E-state index contributed by atoms with van der Waals surface area (Å²) in [5.41, 5.74) is 3.03. The number of hydrogen-bond acceptors (Lipinski definition) is 3. The van der Waals surface area contributed by atoms with Gasteiger partial charge in [0.1, 0.15) is 5.76 Å². The lowest BCUT2D eigenvalue weighted by atomic mass is 10.00. The Hall–Kier alpha value is -1.72. The van der Waals surface area contributed by atoms with Crippen molar-refractivity contribution >= 4 is 29.2 Å². The van der Waals surface area contributed by atoms with Crippen LogP contribution in [-0.2, 0) is 6.54 Å². The molecule has 2 N–H and O–H groups in total. The average molecular weight is 369 g/mol. The van der Waals surface area contributed by atoms with E-state index in [2.05, 4.69) is 27.7 Å². The molecule has 2 rings (SSSR count). The Morgan fingerprint density at radius 2 is 2.04 bits per heavy atom. The Kier molecular flexibility index (Phi) is 6.52. The summed E-state index contributed by atoms with van der Waals surface area (Å²) in [5, 5.41) is 11.8. The van der Waals surface area contributed by atoms with Gasteiger partial charge in [0, 0.05) is 41.7 Å². The number of benzene rings is 1. The van der Waals surface area contributed by atoms with Crippen molar-refractivity contribution in [2.45, 2.75) is 33.2 Å². The predicted octanol–water partition coefficient (Wildman–Crippen LogP) is 4.07. The van der Waals surface area contributed by atoms with Crippen LogP contribution >= 0.6 is 23.2 Å². The SMILES string of the molecule is CN=C(NCc1ccc(Cl)cc1Cl)NCC(C)c1c(C)noc1C. The lowest BCUT2D eigenvalue weighted by Crippen LogP contribution is -2.38. The predicted molar refractivity (Wildman–Crippen MR) is 99.1 cm³/mol. The van der Waals surface area contributed by atoms with E-state index >= 15 is 0 Å². The number of aryl methyl sites for hydroxylation is 2. The molecule has 24 heavy (non-hydrogen) atoms. The Balaban J connectivity index is 1.91. The Morgan fingerprint density at radius 1 is 1.29 bits per heavy atom. The fourth-order valence-electron chi connectivity index (χ4n) is 2.61. The van der Waals surface area contributed by atoms with Crippen molar-refractivity contribution in [2.24, 2.45) is 4.99 Å². The van der Waals surface area contributed by atoms with Gasteiger partial charge in [-0.15, -0.1) is 0 Å². The second kappa shape index (κ2) is 8.40. The largest absolute Gasteiger partial charge is 0.361 e. The van der Waals surface area contributed by atoms with Crippen LogP contribution in [0.25, 0.3) is 0 Å². The zero-order valence-corrected chi connectivity index (χ0v) is 15.8. The Morgan fingerprint density at radius 3 is 2.62 bits per heavy atom. The summed E-state index contributed by atoms with van der Waals surface area (Å²) in [4.78, 5) is 4.23. The van der Waals surface area contributed by atoms with Gasteiger partial charge in [0.05, 0.1) is 5.69 Å². The van der Waals surface area contributed by atoms with Crippen LogP contribution in [0.3, 0.4) is 0 Å². The first-order valence-electron chi connectivity index (χ1n) is 7.73. The van der Waals surface area contributed by atoms with E-state index in [0.29, 0.717) is 22.5 Å². The fraction of sp³-hybridized carbons (Fsp3) is 0.412. The fourth-order valence-corrected chi connectivity index (χ4v) is 3.09. The molecule has 1 heterocycles. The highest BCUT2D eigenvalue weighted by molar-refractivity contribution is 6.35. The van der Waals surface area contributed by atoms with E-state index in [1.165, 1.54) is 0 Å². The lowest BCUT2D eigenvalue weighted by molar-refractivity contribution is 0.391. The summed E-state index contributed by atoms with van der Waals surface area (Å²) in [6.07, 6.45) is 0. The van der Waals surface area contributed by atoms with Crippen molar-refractivity contribution in [3.8, 4) is 0 Å². The number of halogens is 2. The normalized spacial score (nSPS) is 13.0. The van der Waals surface area contributed by atoms with Gasteiger partial charge in [-0.3, -0.25) is 4.99 Å². The molecule has 0 aliphatic heterocycles. The molecule has 0 bridgehead atoms. The van der Waals surface area contributed by atoms with Gasteiger partial charge in [-0.1, -0.05) is 41.3 Å². The minimum absolute atomic E-state index is 0.258. The second-order valence-electron chi connectivity index (χ2n) is 5.68. The van der Waals surface area contributed by atoms with Gasteiger partial charge < -0.3 is 15.2 Å². The molecule has 1 aromatic carbocycles. The molecule has 0 fully saturated rings.